The minimum atomic E-state index is -0.574. The summed E-state index contributed by atoms with van der Waals surface area (Å²) in [4.78, 5) is 36.8. The Bertz CT molecular complexity index is 1300. The molecule has 3 aromatic carbocycles. The third-order valence-electron chi connectivity index (χ3n) is 6.32. The normalized spacial score (nSPS) is 14.9. The summed E-state index contributed by atoms with van der Waals surface area (Å²) in [5.41, 5.74) is 4.33. The van der Waals surface area contributed by atoms with Crippen LogP contribution in [0.15, 0.2) is 78.9 Å². The highest BCUT2D eigenvalue weighted by Crippen LogP contribution is 2.28. The maximum absolute atomic E-state index is 13.8. The van der Waals surface area contributed by atoms with E-state index in [1.807, 2.05) is 78.9 Å². The highest BCUT2D eigenvalue weighted by atomic mass is 16.2. The Labute approximate surface area is 199 Å². The lowest BCUT2D eigenvalue weighted by atomic mass is 10.00. The number of hydrogen-bond donors (Lipinski definition) is 2. The van der Waals surface area contributed by atoms with Crippen molar-refractivity contribution in [3.8, 4) is 0 Å². The van der Waals surface area contributed by atoms with Crippen LogP contribution in [0.5, 0.6) is 0 Å². The number of carbonyl (C=O) groups is 2. The van der Waals surface area contributed by atoms with Crippen LogP contribution < -0.4 is 5.32 Å². The number of benzene rings is 3. The molecular weight excluding hydrogens is 424 g/mol. The molecule has 0 spiro atoms. The molecule has 1 aromatic heterocycles. The third-order valence-corrected chi connectivity index (χ3v) is 6.32. The first-order valence-electron chi connectivity index (χ1n) is 11.7. The molecule has 2 atom stereocenters. The Hall–Kier alpha value is -3.93. The average molecular weight is 453 g/mol. The van der Waals surface area contributed by atoms with Gasteiger partial charge in [-0.15, -0.1) is 0 Å². The van der Waals surface area contributed by atoms with Crippen molar-refractivity contribution < 1.29 is 9.59 Å². The van der Waals surface area contributed by atoms with Crippen LogP contribution in [0.25, 0.3) is 11.0 Å². The van der Waals surface area contributed by atoms with E-state index >= 15 is 0 Å². The molecule has 172 valence electrons. The number of aromatic nitrogens is 2. The second-order valence-electron chi connectivity index (χ2n) is 9.23. The molecule has 2 heterocycles. The van der Waals surface area contributed by atoms with Crippen molar-refractivity contribution in [2.45, 2.75) is 38.9 Å². The second-order valence-corrected chi connectivity index (χ2v) is 9.23. The van der Waals surface area contributed by atoms with Crippen LogP contribution in [-0.4, -0.2) is 32.7 Å². The standard InChI is InChI=1S/C28H28N4O2/c1-18(2)16-24(32-17-20-12-6-7-13-21(20)28(32)34)27(33)31-25(19-10-4-3-5-11-19)26-29-22-14-8-9-15-23(22)30-26/h3-15,18,24-25H,16-17H2,1-2H3,(H,29,30)(H,31,33)/t24-,25-/m0/s1. The molecule has 0 fully saturated rings. The molecule has 1 aliphatic heterocycles. The molecule has 0 bridgehead atoms. The Morgan fingerprint density at radius 2 is 1.71 bits per heavy atom. The molecule has 0 aliphatic carbocycles. The molecule has 2 amide bonds. The number of hydrogen-bond acceptors (Lipinski definition) is 3. The van der Waals surface area contributed by atoms with Crippen LogP contribution in [0.2, 0.25) is 0 Å². The fourth-order valence-electron chi connectivity index (χ4n) is 4.65. The van der Waals surface area contributed by atoms with Crippen molar-refractivity contribution in [3.63, 3.8) is 0 Å². The number of nitrogens with one attached hydrogen (secondary N) is 2. The number of imidazole rings is 1. The van der Waals surface area contributed by atoms with Crippen LogP contribution in [0, 0.1) is 5.92 Å². The molecule has 6 heteroatoms. The summed E-state index contributed by atoms with van der Waals surface area (Å²) in [6.07, 6.45) is 0.577. The summed E-state index contributed by atoms with van der Waals surface area (Å²) < 4.78 is 0. The van der Waals surface area contributed by atoms with E-state index in [0.717, 1.165) is 22.2 Å². The van der Waals surface area contributed by atoms with Crippen molar-refractivity contribution in [1.29, 1.82) is 0 Å². The van der Waals surface area contributed by atoms with Gasteiger partial charge in [0.25, 0.3) is 5.91 Å². The van der Waals surface area contributed by atoms with Gasteiger partial charge < -0.3 is 15.2 Å². The number of amides is 2. The average Bonchev–Trinajstić information content (AvgIpc) is 3.42. The van der Waals surface area contributed by atoms with Crippen LogP contribution in [0.1, 0.15) is 53.6 Å². The van der Waals surface area contributed by atoms with Gasteiger partial charge in [0.05, 0.1) is 11.0 Å². The molecule has 0 saturated carbocycles. The minimum absolute atomic E-state index is 0.0867. The van der Waals surface area contributed by atoms with E-state index in [1.165, 1.54) is 0 Å². The van der Waals surface area contributed by atoms with E-state index in [4.69, 9.17) is 4.98 Å². The summed E-state index contributed by atoms with van der Waals surface area (Å²) in [5.74, 6) is 0.647. The summed E-state index contributed by atoms with van der Waals surface area (Å²) in [5, 5.41) is 3.21. The molecular formula is C28H28N4O2. The predicted octanol–water partition coefficient (Wildman–Crippen LogP) is 4.84. The van der Waals surface area contributed by atoms with E-state index in [2.05, 4.69) is 24.1 Å². The van der Waals surface area contributed by atoms with Gasteiger partial charge in [-0.25, -0.2) is 4.98 Å². The third kappa shape index (κ3) is 4.19. The van der Waals surface area contributed by atoms with E-state index in [0.29, 0.717) is 24.4 Å². The van der Waals surface area contributed by atoms with Crippen LogP contribution >= 0.6 is 0 Å². The maximum atomic E-state index is 13.8. The van der Waals surface area contributed by atoms with Crippen LogP contribution in [-0.2, 0) is 11.3 Å². The van der Waals surface area contributed by atoms with Gasteiger partial charge in [0.15, 0.2) is 0 Å². The van der Waals surface area contributed by atoms with Crippen molar-refractivity contribution in [2.24, 2.45) is 5.92 Å². The molecule has 5 rings (SSSR count). The van der Waals surface area contributed by atoms with Gasteiger partial charge in [0.2, 0.25) is 5.91 Å². The lowest BCUT2D eigenvalue weighted by Gasteiger charge is -2.30. The Kier molecular flexibility index (Phi) is 5.88. The number of fused-ring (bicyclic) bond motifs is 2. The largest absolute Gasteiger partial charge is 0.340 e. The zero-order chi connectivity index (χ0) is 23.7. The van der Waals surface area contributed by atoms with Gasteiger partial charge in [-0.3, -0.25) is 9.59 Å². The minimum Gasteiger partial charge on any atom is -0.340 e. The lowest BCUT2D eigenvalue weighted by molar-refractivity contribution is -0.126. The van der Waals surface area contributed by atoms with E-state index < -0.39 is 12.1 Å². The van der Waals surface area contributed by atoms with Gasteiger partial charge in [0, 0.05) is 12.1 Å². The van der Waals surface area contributed by atoms with Crippen molar-refractivity contribution in [2.75, 3.05) is 0 Å². The number of para-hydroxylation sites is 2. The Morgan fingerprint density at radius 3 is 2.44 bits per heavy atom. The first-order chi connectivity index (χ1) is 16.5. The number of aromatic amines is 1. The molecule has 2 N–H and O–H groups in total. The van der Waals surface area contributed by atoms with Crippen molar-refractivity contribution >= 4 is 22.8 Å². The SMILES string of the molecule is CC(C)C[C@@H](C(=O)N[C@@H](c1ccccc1)c1nc2ccccc2[nH]1)N1Cc2ccccc2C1=O. The summed E-state index contributed by atoms with van der Waals surface area (Å²) in [7, 11) is 0. The highest BCUT2D eigenvalue weighted by molar-refractivity contribution is 6.01. The first kappa shape index (κ1) is 21.9. The second kappa shape index (κ2) is 9.14. The predicted molar refractivity (Wildman–Crippen MR) is 132 cm³/mol. The zero-order valence-electron chi connectivity index (χ0n) is 19.4. The van der Waals surface area contributed by atoms with E-state index in [1.54, 1.807) is 4.90 Å². The topological polar surface area (TPSA) is 78.1 Å². The number of rotatable bonds is 7. The smallest absolute Gasteiger partial charge is 0.255 e. The van der Waals surface area contributed by atoms with E-state index in [-0.39, 0.29) is 17.7 Å². The number of nitrogens with zero attached hydrogens (tertiary/aromatic N) is 2. The zero-order valence-corrected chi connectivity index (χ0v) is 19.4. The Balaban J connectivity index is 1.48. The summed E-state index contributed by atoms with van der Waals surface area (Å²) in [6.45, 7) is 4.59. The fraction of sp³-hybridized carbons (Fsp3) is 0.250. The lowest BCUT2D eigenvalue weighted by Crippen LogP contribution is -2.48. The molecule has 0 unspecified atom stereocenters. The van der Waals surface area contributed by atoms with Crippen LogP contribution in [0.3, 0.4) is 0 Å². The highest BCUT2D eigenvalue weighted by Gasteiger charge is 2.37. The molecule has 4 aromatic rings. The van der Waals surface area contributed by atoms with E-state index in [9.17, 15) is 9.59 Å². The van der Waals surface area contributed by atoms with Gasteiger partial charge >= 0.3 is 0 Å². The molecule has 1 aliphatic rings. The quantitative estimate of drug-likeness (QED) is 0.421. The number of carbonyl (C=O) groups excluding carboxylic acids is 2. The maximum Gasteiger partial charge on any atom is 0.255 e. The number of H-pyrrole nitrogens is 1. The summed E-state index contributed by atoms with van der Waals surface area (Å²) in [6, 6.07) is 24.2. The van der Waals surface area contributed by atoms with Gasteiger partial charge in [-0.2, -0.15) is 0 Å². The Morgan fingerprint density at radius 1 is 1.00 bits per heavy atom. The molecule has 6 nitrogen and oxygen atoms in total. The van der Waals surface area contributed by atoms with Crippen molar-refractivity contribution in [1.82, 2.24) is 20.2 Å². The van der Waals surface area contributed by atoms with Gasteiger partial charge in [-0.05, 0) is 41.7 Å². The van der Waals surface area contributed by atoms with Gasteiger partial charge in [0.1, 0.15) is 17.9 Å². The summed E-state index contributed by atoms with van der Waals surface area (Å²) >= 11 is 0. The molecule has 0 radical (unpaired) electrons. The monoisotopic (exact) mass is 452 g/mol. The van der Waals surface area contributed by atoms with Gasteiger partial charge in [-0.1, -0.05) is 74.5 Å². The molecule has 34 heavy (non-hydrogen) atoms. The fourth-order valence-corrected chi connectivity index (χ4v) is 4.65. The first-order valence-corrected chi connectivity index (χ1v) is 11.7. The van der Waals surface area contributed by atoms with Crippen LogP contribution in [0.4, 0.5) is 0 Å². The van der Waals surface area contributed by atoms with Crippen molar-refractivity contribution in [3.05, 3.63) is 101 Å². The molecule has 0 saturated heterocycles.